The van der Waals surface area contributed by atoms with Crippen molar-refractivity contribution in [3.05, 3.63) is 35.4 Å². The van der Waals surface area contributed by atoms with E-state index in [-0.39, 0.29) is 18.0 Å². The molecule has 1 aromatic rings. The molecule has 0 bridgehead atoms. The molecule has 138 valence electrons. The SMILES string of the molecule is CCOC(=O)N1CC[NH+](CC(=O)N[C@H](CC)c2ccc(C)cc2)CC1. The number of hydrogen-bond donors (Lipinski definition) is 2. The molecule has 0 unspecified atom stereocenters. The summed E-state index contributed by atoms with van der Waals surface area (Å²) in [5.74, 6) is 0.0620. The van der Waals surface area contributed by atoms with Crippen molar-refractivity contribution in [2.45, 2.75) is 33.2 Å². The summed E-state index contributed by atoms with van der Waals surface area (Å²) < 4.78 is 5.02. The summed E-state index contributed by atoms with van der Waals surface area (Å²) in [4.78, 5) is 27.0. The molecule has 6 nitrogen and oxygen atoms in total. The maximum Gasteiger partial charge on any atom is 0.410 e. The number of amides is 2. The number of rotatable bonds is 6. The minimum atomic E-state index is -0.253. The van der Waals surface area contributed by atoms with E-state index < -0.39 is 0 Å². The fourth-order valence-electron chi connectivity index (χ4n) is 3.09. The molecule has 0 radical (unpaired) electrons. The van der Waals surface area contributed by atoms with Crippen LogP contribution in [0.3, 0.4) is 0 Å². The number of carbonyl (C=O) groups is 2. The van der Waals surface area contributed by atoms with E-state index in [0.29, 0.717) is 26.2 Å². The zero-order valence-electron chi connectivity index (χ0n) is 15.5. The predicted octanol–water partition coefficient (Wildman–Crippen LogP) is 0.919. The summed E-state index contributed by atoms with van der Waals surface area (Å²) in [5, 5.41) is 3.14. The van der Waals surface area contributed by atoms with Crippen LogP contribution in [0.4, 0.5) is 4.79 Å². The molecule has 1 saturated heterocycles. The van der Waals surface area contributed by atoms with Crippen LogP contribution < -0.4 is 10.2 Å². The molecule has 1 aliphatic rings. The zero-order valence-corrected chi connectivity index (χ0v) is 15.5. The standard InChI is InChI=1S/C19H29N3O3/c1-4-17(16-8-6-15(3)7-9-16)20-18(23)14-21-10-12-22(13-11-21)19(24)25-5-2/h6-9,17H,4-5,10-14H2,1-3H3,(H,20,23)/p+1/t17-/m1/s1. The number of nitrogens with zero attached hydrogens (tertiary/aromatic N) is 1. The van der Waals surface area contributed by atoms with E-state index in [2.05, 4.69) is 43.4 Å². The molecule has 1 aromatic carbocycles. The first-order chi connectivity index (χ1) is 12.0. The molecule has 1 fully saturated rings. The second-order valence-electron chi connectivity index (χ2n) is 6.55. The summed E-state index contributed by atoms with van der Waals surface area (Å²) in [5.41, 5.74) is 2.36. The monoisotopic (exact) mass is 348 g/mol. The van der Waals surface area contributed by atoms with E-state index in [1.54, 1.807) is 4.90 Å². The number of carbonyl (C=O) groups excluding carboxylic acids is 2. The number of piperazine rings is 1. The third-order valence-electron chi connectivity index (χ3n) is 4.63. The average molecular weight is 348 g/mol. The third-order valence-corrected chi connectivity index (χ3v) is 4.63. The minimum absolute atomic E-state index is 0.0494. The summed E-state index contributed by atoms with van der Waals surface area (Å²) in [6.45, 7) is 9.60. The molecule has 2 amide bonds. The van der Waals surface area contributed by atoms with Crippen LogP contribution in [0, 0.1) is 6.92 Å². The van der Waals surface area contributed by atoms with Gasteiger partial charge in [0.25, 0.3) is 5.91 Å². The lowest BCUT2D eigenvalue weighted by Gasteiger charge is -2.31. The van der Waals surface area contributed by atoms with Crippen LogP contribution >= 0.6 is 0 Å². The topological polar surface area (TPSA) is 63.1 Å². The Hall–Kier alpha value is -2.08. The molecule has 6 heteroatoms. The highest BCUT2D eigenvalue weighted by Gasteiger charge is 2.26. The fourth-order valence-corrected chi connectivity index (χ4v) is 3.09. The van der Waals surface area contributed by atoms with Gasteiger partial charge >= 0.3 is 6.09 Å². The molecule has 2 N–H and O–H groups in total. The lowest BCUT2D eigenvalue weighted by molar-refractivity contribution is -0.896. The van der Waals surface area contributed by atoms with Gasteiger partial charge in [0.05, 0.1) is 38.8 Å². The van der Waals surface area contributed by atoms with Gasteiger partial charge in [-0.3, -0.25) is 9.69 Å². The van der Waals surface area contributed by atoms with Gasteiger partial charge in [-0.2, -0.15) is 0 Å². The molecule has 25 heavy (non-hydrogen) atoms. The number of ether oxygens (including phenoxy) is 1. The first-order valence-corrected chi connectivity index (χ1v) is 9.14. The molecular formula is C19H30N3O3+. The Morgan fingerprint density at radius 1 is 1.20 bits per heavy atom. The van der Waals surface area contributed by atoms with E-state index in [4.69, 9.17) is 4.74 Å². The molecule has 0 aromatic heterocycles. The summed E-state index contributed by atoms with van der Waals surface area (Å²) in [7, 11) is 0. The van der Waals surface area contributed by atoms with Crippen molar-refractivity contribution in [1.82, 2.24) is 10.2 Å². The smallest absolute Gasteiger partial charge is 0.410 e. The Kier molecular flexibility index (Phi) is 7.25. The highest BCUT2D eigenvalue weighted by Crippen LogP contribution is 2.16. The number of hydrogen-bond acceptors (Lipinski definition) is 3. The molecule has 1 heterocycles. The van der Waals surface area contributed by atoms with Gasteiger partial charge < -0.3 is 15.0 Å². The van der Waals surface area contributed by atoms with Gasteiger partial charge in [-0.25, -0.2) is 4.79 Å². The molecular weight excluding hydrogens is 318 g/mol. The van der Waals surface area contributed by atoms with Gasteiger partial charge in [0.15, 0.2) is 6.54 Å². The van der Waals surface area contributed by atoms with Gasteiger partial charge in [-0.1, -0.05) is 36.8 Å². The van der Waals surface area contributed by atoms with E-state index >= 15 is 0 Å². The van der Waals surface area contributed by atoms with Crippen molar-refractivity contribution < 1.29 is 19.2 Å². The molecule has 2 rings (SSSR count). The van der Waals surface area contributed by atoms with E-state index in [0.717, 1.165) is 25.1 Å². The molecule has 0 spiro atoms. The minimum Gasteiger partial charge on any atom is -0.450 e. The fraction of sp³-hybridized carbons (Fsp3) is 0.579. The van der Waals surface area contributed by atoms with E-state index in [1.807, 2.05) is 6.92 Å². The summed E-state index contributed by atoms with van der Waals surface area (Å²) in [6, 6.07) is 8.35. The van der Waals surface area contributed by atoms with Crippen LogP contribution in [-0.2, 0) is 9.53 Å². The largest absolute Gasteiger partial charge is 0.450 e. The van der Waals surface area contributed by atoms with Crippen LogP contribution in [0.15, 0.2) is 24.3 Å². The highest BCUT2D eigenvalue weighted by molar-refractivity contribution is 5.77. The van der Waals surface area contributed by atoms with Gasteiger partial charge in [-0.05, 0) is 25.8 Å². The van der Waals surface area contributed by atoms with Gasteiger partial charge in [0, 0.05) is 0 Å². The van der Waals surface area contributed by atoms with Crippen LogP contribution in [-0.4, -0.2) is 56.2 Å². The van der Waals surface area contributed by atoms with Crippen molar-refractivity contribution in [1.29, 1.82) is 0 Å². The highest BCUT2D eigenvalue weighted by atomic mass is 16.6. The van der Waals surface area contributed by atoms with Gasteiger partial charge in [-0.15, -0.1) is 0 Å². The summed E-state index contributed by atoms with van der Waals surface area (Å²) >= 11 is 0. The predicted molar refractivity (Wildman–Crippen MR) is 96.5 cm³/mol. The third kappa shape index (κ3) is 5.74. The number of quaternary nitrogens is 1. The van der Waals surface area contributed by atoms with Crippen molar-refractivity contribution in [3.63, 3.8) is 0 Å². The number of nitrogens with one attached hydrogen (secondary N) is 2. The number of aryl methyl sites for hydroxylation is 1. The lowest BCUT2D eigenvalue weighted by atomic mass is 10.0. The molecule has 1 atom stereocenters. The molecule has 1 aliphatic heterocycles. The van der Waals surface area contributed by atoms with Crippen LogP contribution in [0.1, 0.15) is 37.4 Å². The van der Waals surface area contributed by atoms with Crippen molar-refractivity contribution in [3.8, 4) is 0 Å². The van der Waals surface area contributed by atoms with Crippen LogP contribution in [0.5, 0.6) is 0 Å². The zero-order chi connectivity index (χ0) is 18.2. The first-order valence-electron chi connectivity index (χ1n) is 9.14. The second-order valence-corrected chi connectivity index (χ2v) is 6.55. The normalized spacial score (nSPS) is 16.4. The Morgan fingerprint density at radius 2 is 1.84 bits per heavy atom. The number of benzene rings is 1. The van der Waals surface area contributed by atoms with Crippen LogP contribution in [0.2, 0.25) is 0 Å². The molecule has 0 aliphatic carbocycles. The van der Waals surface area contributed by atoms with Crippen molar-refractivity contribution >= 4 is 12.0 Å². The second kappa shape index (κ2) is 9.42. The maximum atomic E-state index is 12.4. The Labute approximate surface area is 150 Å². The van der Waals surface area contributed by atoms with Crippen molar-refractivity contribution in [2.24, 2.45) is 0 Å². The van der Waals surface area contributed by atoms with E-state index in [9.17, 15) is 9.59 Å². The lowest BCUT2D eigenvalue weighted by Crippen LogP contribution is -3.15. The van der Waals surface area contributed by atoms with E-state index in [1.165, 1.54) is 10.5 Å². The van der Waals surface area contributed by atoms with Gasteiger partial charge in [0.2, 0.25) is 0 Å². The van der Waals surface area contributed by atoms with Crippen LogP contribution in [0.25, 0.3) is 0 Å². The maximum absolute atomic E-state index is 12.4. The average Bonchev–Trinajstić information content (AvgIpc) is 2.61. The Balaban J connectivity index is 1.80. The Morgan fingerprint density at radius 3 is 2.40 bits per heavy atom. The first kappa shape index (κ1) is 19.2. The van der Waals surface area contributed by atoms with Crippen molar-refractivity contribution in [2.75, 3.05) is 39.3 Å². The Bertz CT molecular complexity index is 566. The van der Waals surface area contributed by atoms with Gasteiger partial charge in [0.1, 0.15) is 0 Å². The molecule has 0 saturated carbocycles. The summed E-state index contributed by atoms with van der Waals surface area (Å²) in [6.07, 6.45) is 0.609. The quantitative estimate of drug-likeness (QED) is 0.804.